The first-order valence-electron chi connectivity index (χ1n) is 9.68. The molecule has 0 unspecified atom stereocenters. The zero-order valence-corrected chi connectivity index (χ0v) is 16.3. The zero-order valence-electron chi connectivity index (χ0n) is 16.3. The van der Waals surface area contributed by atoms with E-state index in [1.807, 2.05) is 42.6 Å². The van der Waals surface area contributed by atoms with Gasteiger partial charge in [-0.15, -0.1) is 0 Å². The summed E-state index contributed by atoms with van der Waals surface area (Å²) in [4.78, 5) is 36.3. The van der Waals surface area contributed by atoms with Crippen molar-refractivity contribution in [2.75, 3.05) is 6.54 Å². The highest BCUT2D eigenvalue weighted by Gasteiger charge is 2.12. The van der Waals surface area contributed by atoms with Crippen LogP contribution < -0.4 is 10.6 Å². The number of amides is 2. The van der Waals surface area contributed by atoms with Gasteiger partial charge in [0.15, 0.2) is 0 Å². The van der Waals surface area contributed by atoms with Crippen molar-refractivity contribution < 1.29 is 9.59 Å². The fourth-order valence-corrected chi connectivity index (χ4v) is 3.21. The Morgan fingerprint density at radius 1 is 0.900 bits per heavy atom. The first-order chi connectivity index (χ1) is 14.7. The molecule has 7 heteroatoms. The maximum absolute atomic E-state index is 12.5. The molecule has 0 aliphatic rings. The Labute approximate surface area is 173 Å². The van der Waals surface area contributed by atoms with E-state index in [2.05, 4.69) is 31.7 Å². The van der Waals surface area contributed by atoms with Crippen molar-refractivity contribution in [3.63, 3.8) is 0 Å². The number of carbonyl (C=O) groups excluding carboxylic acids is 2. The third-order valence-corrected chi connectivity index (χ3v) is 4.77. The number of benzene rings is 1. The van der Waals surface area contributed by atoms with Crippen LogP contribution in [0.1, 0.15) is 32.1 Å². The summed E-state index contributed by atoms with van der Waals surface area (Å²) < 4.78 is 0. The van der Waals surface area contributed by atoms with E-state index >= 15 is 0 Å². The Bertz CT molecular complexity index is 1170. The predicted octanol–water partition coefficient (Wildman–Crippen LogP) is 2.86. The molecule has 3 N–H and O–H groups in total. The monoisotopic (exact) mass is 399 g/mol. The maximum atomic E-state index is 12.5. The molecule has 7 nitrogen and oxygen atoms in total. The van der Waals surface area contributed by atoms with Crippen molar-refractivity contribution in [3.05, 3.63) is 95.7 Å². The minimum Gasteiger partial charge on any atom is -0.361 e. The van der Waals surface area contributed by atoms with Crippen LogP contribution in [0.5, 0.6) is 0 Å². The molecule has 0 radical (unpaired) electrons. The highest BCUT2D eigenvalue weighted by molar-refractivity contribution is 5.98. The molecule has 150 valence electrons. The van der Waals surface area contributed by atoms with Crippen LogP contribution in [0.2, 0.25) is 0 Å². The van der Waals surface area contributed by atoms with Gasteiger partial charge >= 0.3 is 0 Å². The van der Waals surface area contributed by atoms with Gasteiger partial charge < -0.3 is 15.6 Å². The Morgan fingerprint density at radius 3 is 2.63 bits per heavy atom. The van der Waals surface area contributed by atoms with Crippen molar-refractivity contribution in [1.82, 2.24) is 25.6 Å². The number of hydrogen-bond acceptors (Lipinski definition) is 4. The summed E-state index contributed by atoms with van der Waals surface area (Å²) in [6, 6.07) is 16.6. The van der Waals surface area contributed by atoms with Crippen molar-refractivity contribution in [2.24, 2.45) is 0 Å². The van der Waals surface area contributed by atoms with Crippen molar-refractivity contribution in [3.8, 4) is 0 Å². The van der Waals surface area contributed by atoms with E-state index < -0.39 is 0 Å². The van der Waals surface area contributed by atoms with Crippen LogP contribution in [0.25, 0.3) is 10.9 Å². The number of pyridine rings is 2. The lowest BCUT2D eigenvalue weighted by Crippen LogP contribution is -2.27. The third kappa shape index (κ3) is 4.52. The molecule has 4 aromatic rings. The maximum Gasteiger partial charge on any atom is 0.270 e. The first-order valence-corrected chi connectivity index (χ1v) is 9.68. The number of aromatic amines is 1. The van der Waals surface area contributed by atoms with Gasteiger partial charge in [0.1, 0.15) is 5.69 Å². The summed E-state index contributed by atoms with van der Waals surface area (Å²) in [5, 5.41) is 6.82. The van der Waals surface area contributed by atoms with E-state index in [0.717, 1.165) is 22.2 Å². The van der Waals surface area contributed by atoms with E-state index in [-0.39, 0.29) is 17.5 Å². The van der Waals surface area contributed by atoms with Crippen LogP contribution in [-0.4, -0.2) is 33.3 Å². The number of nitrogens with one attached hydrogen (secondary N) is 3. The lowest BCUT2D eigenvalue weighted by atomic mass is 10.1. The number of hydrogen-bond donors (Lipinski definition) is 3. The Morgan fingerprint density at radius 2 is 1.77 bits per heavy atom. The molecule has 4 rings (SSSR count). The summed E-state index contributed by atoms with van der Waals surface area (Å²) in [6.45, 7) is 0.784. The van der Waals surface area contributed by atoms with Gasteiger partial charge in [-0.05, 0) is 42.3 Å². The van der Waals surface area contributed by atoms with E-state index in [0.29, 0.717) is 25.1 Å². The van der Waals surface area contributed by atoms with Gasteiger partial charge in [-0.1, -0.05) is 24.3 Å². The Balaban J connectivity index is 1.33. The number of rotatable bonds is 7. The second-order valence-corrected chi connectivity index (χ2v) is 6.80. The largest absolute Gasteiger partial charge is 0.361 e. The average molecular weight is 399 g/mol. The lowest BCUT2D eigenvalue weighted by molar-refractivity contribution is 0.0945. The van der Waals surface area contributed by atoms with Crippen molar-refractivity contribution in [1.29, 1.82) is 0 Å². The summed E-state index contributed by atoms with van der Waals surface area (Å²) in [5.74, 6) is -0.592. The van der Waals surface area contributed by atoms with E-state index in [1.165, 1.54) is 12.3 Å². The average Bonchev–Trinajstić information content (AvgIpc) is 3.21. The molecule has 2 amide bonds. The SMILES string of the molecule is O=C(NCCc1c[nH]c2ccccc12)c1ccnc(C(=O)NCc2ccccn2)c1. The number of H-pyrrole nitrogens is 1. The van der Waals surface area contributed by atoms with Gasteiger partial charge in [0, 0.05) is 41.6 Å². The normalized spacial score (nSPS) is 10.7. The molecule has 1 aromatic carbocycles. The van der Waals surface area contributed by atoms with Gasteiger partial charge in [0.2, 0.25) is 0 Å². The molecule has 30 heavy (non-hydrogen) atoms. The number of carbonyl (C=O) groups is 2. The van der Waals surface area contributed by atoms with Crippen molar-refractivity contribution in [2.45, 2.75) is 13.0 Å². The molecule has 0 saturated carbocycles. The number of nitrogens with zero attached hydrogens (tertiary/aromatic N) is 2. The quantitative estimate of drug-likeness (QED) is 0.445. The molecule has 0 aliphatic heterocycles. The highest BCUT2D eigenvalue weighted by Crippen LogP contribution is 2.17. The smallest absolute Gasteiger partial charge is 0.270 e. The standard InChI is InChI=1S/C23H21N5O2/c29-22(26-12-9-17-14-27-20-7-2-1-6-19(17)20)16-8-11-25-21(13-16)23(30)28-15-18-5-3-4-10-24-18/h1-8,10-11,13-14,27H,9,12,15H2,(H,26,29)(H,28,30). The predicted molar refractivity (Wildman–Crippen MR) is 114 cm³/mol. The third-order valence-electron chi connectivity index (χ3n) is 4.77. The fraction of sp³-hybridized carbons (Fsp3) is 0.130. The van der Waals surface area contributed by atoms with E-state index in [4.69, 9.17) is 0 Å². The van der Waals surface area contributed by atoms with Crippen LogP contribution in [-0.2, 0) is 13.0 Å². The van der Waals surface area contributed by atoms with Crippen LogP contribution in [0, 0.1) is 0 Å². The number of fused-ring (bicyclic) bond motifs is 1. The van der Waals surface area contributed by atoms with Crippen LogP contribution >= 0.6 is 0 Å². The van der Waals surface area contributed by atoms with Crippen molar-refractivity contribution >= 4 is 22.7 Å². The molecule has 3 heterocycles. The molecule has 0 spiro atoms. The molecule has 0 bridgehead atoms. The van der Waals surface area contributed by atoms with Gasteiger partial charge in [-0.25, -0.2) is 0 Å². The fourth-order valence-electron chi connectivity index (χ4n) is 3.21. The van der Waals surface area contributed by atoms with Gasteiger partial charge in [0.05, 0.1) is 12.2 Å². The second kappa shape index (κ2) is 9.00. The van der Waals surface area contributed by atoms with Crippen LogP contribution in [0.4, 0.5) is 0 Å². The van der Waals surface area contributed by atoms with Crippen LogP contribution in [0.15, 0.2) is 73.2 Å². The topological polar surface area (TPSA) is 99.8 Å². The number of para-hydroxylation sites is 1. The Kier molecular flexibility index (Phi) is 5.80. The van der Waals surface area contributed by atoms with Gasteiger partial charge in [-0.3, -0.25) is 19.6 Å². The molecule has 3 aromatic heterocycles. The minimum absolute atomic E-state index is 0.190. The molecule has 0 saturated heterocycles. The molecule has 0 aliphatic carbocycles. The molecular formula is C23H21N5O2. The highest BCUT2D eigenvalue weighted by atomic mass is 16.2. The Hall–Kier alpha value is -4.00. The van der Waals surface area contributed by atoms with E-state index in [1.54, 1.807) is 12.3 Å². The lowest BCUT2D eigenvalue weighted by Gasteiger charge is -2.07. The summed E-state index contributed by atoms with van der Waals surface area (Å²) in [6.07, 6.45) is 5.80. The first kappa shape index (κ1) is 19.3. The summed E-state index contributed by atoms with van der Waals surface area (Å²) in [7, 11) is 0. The summed E-state index contributed by atoms with van der Waals surface area (Å²) in [5.41, 5.74) is 3.56. The zero-order chi connectivity index (χ0) is 20.8. The van der Waals surface area contributed by atoms with E-state index in [9.17, 15) is 9.59 Å². The minimum atomic E-state index is -0.353. The van der Waals surface area contributed by atoms with Gasteiger partial charge in [0.25, 0.3) is 11.8 Å². The summed E-state index contributed by atoms with van der Waals surface area (Å²) >= 11 is 0. The second-order valence-electron chi connectivity index (χ2n) is 6.80. The molecule has 0 atom stereocenters. The van der Waals surface area contributed by atoms with Gasteiger partial charge in [-0.2, -0.15) is 0 Å². The molecule has 0 fully saturated rings. The van der Waals surface area contributed by atoms with Crippen LogP contribution in [0.3, 0.4) is 0 Å². The number of aromatic nitrogens is 3. The molecular weight excluding hydrogens is 378 g/mol.